The molecule has 2 heterocycles. The first kappa shape index (κ1) is 19.1. The number of hydrogen-bond donors (Lipinski definition) is 0. The summed E-state index contributed by atoms with van der Waals surface area (Å²) in [5.74, 6) is -0.557. The molecule has 0 atom stereocenters. The van der Waals surface area contributed by atoms with Gasteiger partial charge in [0.15, 0.2) is 5.79 Å². The van der Waals surface area contributed by atoms with Crippen LogP contribution in [0.25, 0.3) is 0 Å². The average Bonchev–Trinajstić information content (AvgIpc) is 3.17. The van der Waals surface area contributed by atoms with Gasteiger partial charge in [-0.2, -0.15) is 0 Å². The maximum atomic E-state index is 6.49. The molecule has 1 saturated heterocycles. The molecule has 0 spiro atoms. The molecule has 1 aromatic heterocycles. The van der Waals surface area contributed by atoms with Crippen molar-refractivity contribution < 1.29 is 9.47 Å². The number of aromatic nitrogens is 2. The zero-order valence-electron chi connectivity index (χ0n) is 16.6. The van der Waals surface area contributed by atoms with Gasteiger partial charge in [-0.25, -0.2) is 4.98 Å². The van der Waals surface area contributed by atoms with Gasteiger partial charge in [0.2, 0.25) is 0 Å². The summed E-state index contributed by atoms with van der Waals surface area (Å²) in [6.45, 7) is 11.2. The molecule has 1 fully saturated rings. The maximum absolute atomic E-state index is 6.49. The highest BCUT2D eigenvalue weighted by molar-refractivity contribution is 5.31. The molecular formula is C22H32N2O2. The number of benzene rings is 1. The molecule has 0 N–H and O–H groups in total. The van der Waals surface area contributed by atoms with E-state index < -0.39 is 5.79 Å². The van der Waals surface area contributed by atoms with Crippen molar-refractivity contribution in [3.05, 3.63) is 53.6 Å². The SMILES string of the molecule is CCC1(CC)COC(CCn2ccnc2)(Cc2ccc(C)cc2C)OC1. The van der Waals surface area contributed by atoms with Crippen molar-refractivity contribution in [1.82, 2.24) is 9.55 Å². The third kappa shape index (κ3) is 4.18. The Morgan fingerprint density at radius 3 is 2.42 bits per heavy atom. The molecule has 3 rings (SSSR count). The van der Waals surface area contributed by atoms with E-state index in [1.165, 1.54) is 16.7 Å². The van der Waals surface area contributed by atoms with Crippen molar-refractivity contribution in [2.45, 2.75) is 65.7 Å². The van der Waals surface area contributed by atoms with Crippen LogP contribution in [0, 0.1) is 19.3 Å². The number of hydrogen-bond acceptors (Lipinski definition) is 3. The zero-order valence-corrected chi connectivity index (χ0v) is 16.6. The Kier molecular flexibility index (Phi) is 5.83. The van der Waals surface area contributed by atoms with E-state index in [1.54, 1.807) is 0 Å². The monoisotopic (exact) mass is 356 g/mol. The first-order valence-electron chi connectivity index (χ1n) is 9.80. The smallest absolute Gasteiger partial charge is 0.174 e. The molecule has 2 aromatic rings. The Bertz CT molecular complexity index is 695. The minimum absolute atomic E-state index is 0.154. The van der Waals surface area contributed by atoms with Crippen molar-refractivity contribution in [2.24, 2.45) is 5.41 Å². The molecule has 0 aliphatic carbocycles. The summed E-state index contributed by atoms with van der Waals surface area (Å²) in [5, 5.41) is 0. The van der Waals surface area contributed by atoms with E-state index in [0.29, 0.717) is 0 Å². The normalized spacial score (nSPS) is 18.8. The van der Waals surface area contributed by atoms with E-state index in [1.807, 2.05) is 18.7 Å². The van der Waals surface area contributed by atoms with E-state index in [9.17, 15) is 0 Å². The molecule has 142 valence electrons. The molecule has 4 nitrogen and oxygen atoms in total. The first-order valence-corrected chi connectivity index (χ1v) is 9.80. The van der Waals surface area contributed by atoms with Crippen LogP contribution >= 0.6 is 0 Å². The Morgan fingerprint density at radius 1 is 1.12 bits per heavy atom. The van der Waals surface area contributed by atoms with Crippen LogP contribution in [0.2, 0.25) is 0 Å². The van der Waals surface area contributed by atoms with E-state index in [4.69, 9.17) is 9.47 Å². The molecule has 0 radical (unpaired) electrons. The number of rotatable bonds is 7. The summed E-state index contributed by atoms with van der Waals surface area (Å²) in [4.78, 5) is 4.15. The van der Waals surface area contributed by atoms with Crippen molar-refractivity contribution in [3.63, 3.8) is 0 Å². The van der Waals surface area contributed by atoms with Gasteiger partial charge < -0.3 is 14.0 Å². The Balaban J connectivity index is 1.79. The van der Waals surface area contributed by atoms with Gasteiger partial charge in [-0.3, -0.25) is 0 Å². The van der Waals surface area contributed by atoms with E-state index in [2.05, 4.69) is 55.4 Å². The topological polar surface area (TPSA) is 36.3 Å². The van der Waals surface area contributed by atoms with Gasteiger partial charge in [0.25, 0.3) is 0 Å². The van der Waals surface area contributed by atoms with Gasteiger partial charge in [0.1, 0.15) is 0 Å². The molecule has 0 amide bonds. The van der Waals surface area contributed by atoms with Crippen LogP contribution in [0.4, 0.5) is 0 Å². The largest absolute Gasteiger partial charge is 0.349 e. The minimum atomic E-state index is -0.557. The highest BCUT2D eigenvalue weighted by Gasteiger charge is 2.43. The molecule has 1 aliphatic rings. The van der Waals surface area contributed by atoms with Gasteiger partial charge in [-0.15, -0.1) is 0 Å². The van der Waals surface area contributed by atoms with Crippen molar-refractivity contribution >= 4 is 0 Å². The zero-order chi connectivity index (χ0) is 18.6. The van der Waals surface area contributed by atoms with Gasteiger partial charge in [-0.1, -0.05) is 37.6 Å². The van der Waals surface area contributed by atoms with Gasteiger partial charge in [0.05, 0.1) is 19.5 Å². The van der Waals surface area contributed by atoms with Crippen LogP contribution in [-0.2, 0) is 22.4 Å². The fraction of sp³-hybridized carbons (Fsp3) is 0.591. The summed E-state index contributed by atoms with van der Waals surface area (Å²) in [6, 6.07) is 6.64. The number of aryl methyl sites for hydroxylation is 3. The number of imidazole rings is 1. The average molecular weight is 357 g/mol. The van der Waals surface area contributed by atoms with Gasteiger partial charge in [-0.05, 0) is 37.8 Å². The van der Waals surface area contributed by atoms with Crippen molar-refractivity contribution in [2.75, 3.05) is 13.2 Å². The minimum Gasteiger partial charge on any atom is -0.349 e. The van der Waals surface area contributed by atoms with Crippen LogP contribution in [0.15, 0.2) is 36.9 Å². The van der Waals surface area contributed by atoms with Crippen molar-refractivity contribution in [3.8, 4) is 0 Å². The lowest BCUT2D eigenvalue weighted by molar-refractivity contribution is -0.308. The fourth-order valence-corrected chi connectivity index (χ4v) is 3.70. The molecule has 1 aromatic carbocycles. The van der Waals surface area contributed by atoms with E-state index in [-0.39, 0.29) is 5.41 Å². The van der Waals surface area contributed by atoms with Crippen LogP contribution < -0.4 is 0 Å². The molecular weight excluding hydrogens is 324 g/mol. The third-order valence-electron chi connectivity index (χ3n) is 6.05. The number of ether oxygens (including phenoxy) is 2. The predicted octanol–water partition coefficient (Wildman–Crippen LogP) is 4.68. The van der Waals surface area contributed by atoms with E-state index in [0.717, 1.165) is 45.4 Å². The first-order chi connectivity index (χ1) is 12.5. The Morgan fingerprint density at radius 2 is 1.85 bits per heavy atom. The molecule has 0 saturated carbocycles. The van der Waals surface area contributed by atoms with Crippen LogP contribution in [0.3, 0.4) is 0 Å². The van der Waals surface area contributed by atoms with E-state index >= 15 is 0 Å². The van der Waals surface area contributed by atoms with Gasteiger partial charge >= 0.3 is 0 Å². The summed E-state index contributed by atoms with van der Waals surface area (Å²) in [7, 11) is 0. The molecule has 0 unspecified atom stereocenters. The summed E-state index contributed by atoms with van der Waals surface area (Å²) in [5.41, 5.74) is 4.06. The third-order valence-corrected chi connectivity index (χ3v) is 6.05. The molecule has 1 aliphatic heterocycles. The summed E-state index contributed by atoms with van der Waals surface area (Å²) in [6.07, 6.45) is 9.46. The highest BCUT2D eigenvalue weighted by atomic mass is 16.7. The Labute approximate surface area is 157 Å². The lowest BCUT2D eigenvalue weighted by Gasteiger charge is -2.46. The highest BCUT2D eigenvalue weighted by Crippen LogP contribution is 2.39. The fourth-order valence-electron chi connectivity index (χ4n) is 3.70. The quantitative estimate of drug-likeness (QED) is 0.722. The maximum Gasteiger partial charge on any atom is 0.174 e. The lowest BCUT2D eigenvalue weighted by atomic mass is 9.82. The molecule has 0 bridgehead atoms. The Hall–Kier alpha value is -1.65. The number of nitrogens with zero attached hydrogens (tertiary/aromatic N) is 2. The standard InChI is InChI=1S/C22H32N2O2/c1-5-21(6-2)15-25-22(26-16-21,9-11-24-12-10-23-17-24)14-20-8-7-18(3)13-19(20)4/h7-8,10,12-13,17H,5-6,9,11,14-16H2,1-4H3. The second-order valence-corrected chi connectivity index (χ2v) is 7.85. The van der Waals surface area contributed by atoms with Crippen LogP contribution in [0.5, 0.6) is 0 Å². The van der Waals surface area contributed by atoms with Gasteiger partial charge in [0, 0.05) is 37.2 Å². The molecule has 4 heteroatoms. The second-order valence-electron chi connectivity index (χ2n) is 7.85. The van der Waals surface area contributed by atoms with Crippen molar-refractivity contribution in [1.29, 1.82) is 0 Å². The molecule has 26 heavy (non-hydrogen) atoms. The summed E-state index contributed by atoms with van der Waals surface area (Å²) < 4.78 is 15.1. The van der Waals surface area contributed by atoms with Crippen LogP contribution in [0.1, 0.15) is 49.8 Å². The lowest BCUT2D eigenvalue weighted by Crippen LogP contribution is -2.51. The predicted molar refractivity (Wildman–Crippen MR) is 104 cm³/mol. The summed E-state index contributed by atoms with van der Waals surface area (Å²) >= 11 is 0. The second kappa shape index (κ2) is 7.93. The van der Waals surface area contributed by atoms with Crippen LogP contribution in [-0.4, -0.2) is 28.6 Å².